The van der Waals surface area contributed by atoms with Crippen LogP contribution in [0.3, 0.4) is 0 Å². The Balaban J connectivity index is 1.49. The molecule has 0 amide bonds. The fraction of sp³-hybridized carbons (Fsp3) is 0.400. The van der Waals surface area contributed by atoms with E-state index >= 15 is 0 Å². The highest BCUT2D eigenvalue weighted by Crippen LogP contribution is 2.12. The fourth-order valence-electron chi connectivity index (χ4n) is 2.50. The Labute approximate surface area is 118 Å². The van der Waals surface area contributed by atoms with Gasteiger partial charge in [0.25, 0.3) is 6.29 Å². The lowest BCUT2D eigenvalue weighted by molar-refractivity contribution is -0.0496. The number of nitrogens with one attached hydrogen (secondary N) is 1. The Morgan fingerprint density at radius 3 is 2.35 bits per heavy atom. The summed E-state index contributed by atoms with van der Waals surface area (Å²) in [6.07, 6.45) is 3.01. The minimum absolute atomic E-state index is 0.171. The maximum absolute atomic E-state index is 8.26. The van der Waals surface area contributed by atoms with Crippen molar-refractivity contribution in [3.8, 4) is 0 Å². The average Bonchev–Trinajstić information content (AvgIpc) is 3.01. The van der Waals surface area contributed by atoms with Gasteiger partial charge in [0.2, 0.25) is 0 Å². The molecular formula is C15H19N3O2. The van der Waals surface area contributed by atoms with E-state index in [1.807, 2.05) is 30.3 Å². The third kappa shape index (κ3) is 2.93. The smallest absolute Gasteiger partial charge is 0.252 e. The molecule has 2 aliphatic heterocycles. The van der Waals surface area contributed by atoms with Crippen LogP contribution in [0.4, 0.5) is 0 Å². The highest BCUT2D eigenvalue weighted by Gasteiger charge is 2.23. The van der Waals surface area contributed by atoms with Crippen molar-refractivity contribution in [2.75, 3.05) is 32.7 Å². The lowest BCUT2D eigenvalue weighted by Gasteiger charge is -2.36. The van der Waals surface area contributed by atoms with Crippen LogP contribution in [0.25, 0.3) is 0 Å². The summed E-state index contributed by atoms with van der Waals surface area (Å²) in [6, 6.07) is 9.90. The van der Waals surface area contributed by atoms with Gasteiger partial charge in [-0.15, -0.1) is 0 Å². The molecule has 106 valence electrons. The van der Waals surface area contributed by atoms with E-state index in [1.54, 1.807) is 12.5 Å². The topological polar surface area (TPSA) is 48.8 Å². The van der Waals surface area contributed by atoms with Crippen molar-refractivity contribution in [2.24, 2.45) is 0 Å². The summed E-state index contributed by atoms with van der Waals surface area (Å²) >= 11 is 0. The summed E-state index contributed by atoms with van der Waals surface area (Å²) in [6.45, 7) is 4.37. The SMILES string of the molecule is N=C(c1ccccc1)N1CCN(CC2OC=CO2)CC1. The largest absolute Gasteiger partial charge is 0.458 e. The molecule has 0 aliphatic carbocycles. The summed E-state index contributed by atoms with van der Waals surface area (Å²) in [5, 5.41) is 8.26. The van der Waals surface area contributed by atoms with Crippen LogP contribution >= 0.6 is 0 Å². The maximum atomic E-state index is 8.26. The van der Waals surface area contributed by atoms with E-state index in [9.17, 15) is 0 Å². The molecular weight excluding hydrogens is 254 g/mol. The van der Waals surface area contributed by atoms with E-state index in [2.05, 4.69) is 9.80 Å². The molecule has 1 saturated heterocycles. The first-order valence-electron chi connectivity index (χ1n) is 6.90. The molecule has 0 spiro atoms. The van der Waals surface area contributed by atoms with E-state index in [0.717, 1.165) is 38.3 Å². The van der Waals surface area contributed by atoms with Gasteiger partial charge in [-0.2, -0.15) is 0 Å². The second-order valence-corrected chi connectivity index (χ2v) is 4.98. The van der Waals surface area contributed by atoms with Crippen LogP contribution in [-0.4, -0.2) is 54.6 Å². The van der Waals surface area contributed by atoms with Gasteiger partial charge in [0.1, 0.15) is 18.4 Å². The normalized spacial score (nSPS) is 19.7. The number of rotatable bonds is 3. The van der Waals surface area contributed by atoms with Crippen LogP contribution < -0.4 is 0 Å². The van der Waals surface area contributed by atoms with E-state index in [-0.39, 0.29) is 6.29 Å². The van der Waals surface area contributed by atoms with Gasteiger partial charge in [0, 0.05) is 31.7 Å². The van der Waals surface area contributed by atoms with E-state index in [1.165, 1.54) is 0 Å². The first kappa shape index (κ1) is 13.0. The highest BCUT2D eigenvalue weighted by molar-refractivity contribution is 5.96. The van der Waals surface area contributed by atoms with Crippen LogP contribution in [0.15, 0.2) is 42.9 Å². The lowest BCUT2D eigenvalue weighted by atomic mass is 10.1. The molecule has 1 aromatic carbocycles. The Morgan fingerprint density at radius 2 is 1.70 bits per heavy atom. The molecule has 0 unspecified atom stereocenters. The Bertz CT molecular complexity index is 473. The number of ether oxygens (including phenoxy) is 2. The zero-order valence-corrected chi connectivity index (χ0v) is 11.4. The van der Waals surface area contributed by atoms with Crippen molar-refractivity contribution < 1.29 is 9.47 Å². The molecule has 0 saturated carbocycles. The second-order valence-electron chi connectivity index (χ2n) is 4.98. The van der Waals surface area contributed by atoms with Crippen molar-refractivity contribution in [1.82, 2.24) is 9.80 Å². The predicted octanol–water partition coefficient (Wildman–Crippen LogP) is 1.47. The van der Waals surface area contributed by atoms with Gasteiger partial charge in [0.05, 0.1) is 6.54 Å². The molecule has 0 aromatic heterocycles. The second kappa shape index (κ2) is 5.96. The summed E-state index contributed by atoms with van der Waals surface area (Å²) in [4.78, 5) is 4.44. The molecule has 2 aliphatic rings. The number of hydrogen-bond acceptors (Lipinski definition) is 4. The molecule has 0 bridgehead atoms. The quantitative estimate of drug-likeness (QED) is 0.669. The van der Waals surface area contributed by atoms with Crippen LogP contribution in [0.2, 0.25) is 0 Å². The lowest BCUT2D eigenvalue weighted by Crippen LogP contribution is -2.50. The van der Waals surface area contributed by atoms with Gasteiger partial charge in [-0.3, -0.25) is 10.3 Å². The van der Waals surface area contributed by atoms with Crippen molar-refractivity contribution in [1.29, 1.82) is 5.41 Å². The standard InChI is InChI=1S/C15H19N3O2/c16-15(13-4-2-1-3-5-13)18-8-6-17(7-9-18)12-14-19-10-11-20-14/h1-5,10-11,14,16H,6-9,12H2. The molecule has 2 heterocycles. The Morgan fingerprint density at radius 1 is 1.05 bits per heavy atom. The minimum atomic E-state index is -0.171. The molecule has 1 aromatic rings. The molecule has 0 radical (unpaired) electrons. The number of amidine groups is 1. The third-order valence-electron chi connectivity index (χ3n) is 3.66. The van der Waals surface area contributed by atoms with Crippen LogP contribution in [0.5, 0.6) is 0 Å². The average molecular weight is 273 g/mol. The molecule has 20 heavy (non-hydrogen) atoms. The third-order valence-corrected chi connectivity index (χ3v) is 3.66. The first-order valence-corrected chi connectivity index (χ1v) is 6.90. The Kier molecular flexibility index (Phi) is 3.87. The van der Waals surface area contributed by atoms with Gasteiger partial charge in [-0.05, 0) is 0 Å². The van der Waals surface area contributed by atoms with Gasteiger partial charge >= 0.3 is 0 Å². The van der Waals surface area contributed by atoms with Crippen molar-refractivity contribution in [3.05, 3.63) is 48.4 Å². The molecule has 5 heteroatoms. The van der Waals surface area contributed by atoms with Crippen molar-refractivity contribution >= 4 is 5.84 Å². The van der Waals surface area contributed by atoms with Crippen molar-refractivity contribution in [3.63, 3.8) is 0 Å². The maximum Gasteiger partial charge on any atom is 0.252 e. The molecule has 1 fully saturated rings. The van der Waals surface area contributed by atoms with Gasteiger partial charge in [0.15, 0.2) is 0 Å². The number of nitrogens with zero attached hydrogens (tertiary/aromatic N) is 2. The Hall–Kier alpha value is -2.01. The van der Waals surface area contributed by atoms with Crippen LogP contribution in [-0.2, 0) is 9.47 Å². The summed E-state index contributed by atoms with van der Waals surface area (Å²) in [7, 11) is 0. The van der Waals surface area contributed by atoms with E-state index in [0.29, 0.717) is 5.84 Å². The zero-order valence-electron chi connectivity index (χ0n) is 11.4. The van der Waals surface area contributed by atoms with E-state index < -0.39 is 0 Å². The molecule has 5 nitrogen and oxygen atoms in total. The fourth-order valence-corrected chi connectivity index (χ4v) is 2.50. The van der Waals surface area contributed by atoms with Gasteiger partial charge in [-0.1, -0.05) is 30.3 Å². The highest BCUT2D eigenvalue weighted by atomic mass is 16.7. The monoisotopic (exact) mass is 273 g/mol. The number of piperazine rings is 1. The molecule has 1 N–H and O–H groups in total. The summed E-state index contributed by atoms with van der Waals surface area (Å²) < 4.78 is 10.6. The van der Waals surface area contributed by atoms with Gasteiger partial charge < -0.3 is 14.4 Å². The van der Waals surface area contributed by atoms with Gasteiger partial charge in [-0.25, -0.2) is 0 Å². The first-order chi connectivity index (χ1) is 9.83. The van der Waals surface area contributed by atoms with Crippen LogP contribution in [0, 0.1) is 5.41 Å². The number of benzene rings is 1. The molecule has 3 rings (SSSR count). The van der Waals surface area contributed by atoms with Crippen LogP contribution in [0.1, 0.15) is 5.56 Å². The summed E-state index contributed by atoms with van der Waals surface area (Å²) in [5.41, 5.74) is 0.979. The number of hydrogen-bond donors (Lipinski definition) is 1. The van der Waals surface area contributed by atoms with E-state index in [4.69, 9.17) is 14.9 Å². The van der Waals surface area contributed by atoms with Crippen molar-refractivity contribution in [2.45, 2.75) is 6.29 Å². The predicted molar refractivity (Wildman–Crippen MR) is 76.4 cm³/mol. The minimum Gasteiger partial charge on any atom is -0.458 e. The summed E-state index contributed by atoms with van der Waals surface area (Å²) in [5.74, 6) is 0.611. The zero-order chi connectivity index (χ0) is 13.8. The molecule has 0 atom stereocenters.